The number of nitrogens with two attached hydrogens (primary N) is 1. The van der Waals surface area contributed by atoms with Crippen molar-refractivity contribution in [1.29, 1.82) is 0 Å². The number of aldehydes is 1. The number of carbonyl (C=O) groups excluding carboxylic acids is 1. The van der Waals surface area contributed by atoms with Gasteiger partial charge in [-0.2, -0.15) is 0 Å². The van der Waals surface area contributed by atoms with Gasteiger partial charge < -0.3 is 0 Å². The highest BCUT2D eigenvalue weighted by atomic mass is 32.2. The molecule has 0 saturated heterocycles. The number of carbonyl (C=O) groups is 1. The molecule has 138 valence electrons. The van der Waals surface area contributed by atoms with Crippen molar-refractivity contribution in [3.8, 4) is 22.3 Å². The number of hydrogen-bond acceptors (Lipinski definition) is 5. The zero-order valence-corrected chi connectivity index (χ0v) is 15.4. The van der Waals surface area contributed by atoms with E-state index >= 15 is 0 Å². The molecule has 6 nitrogen and oxygen atoms in total. The molecular formula is C21H15N3O3S. The fraction of sp³-hybridized carbons (Fsp3) is 0. The molecule has 2 aromatic carbocycles. The molecule has 0 atom stereocenters. The minimum atomic E-state index is -3.85. The lowest BCUT2D eigenvalue weighted by molar-refractivity contribution is 0.112. The summed E-state index contributed by atoms with van der Waals surface area (Å²) in [4.78, 5) is 19.8. The van der Waals surface area contributed by atoms with E-state index in [4.69, 9.17) is 5.14 Å². The Hall–Kier alpha value is -3.42. The zero-order chi connectivity index (χ0) is 19.7. The second-order valence-electron chi connectivity index (χ2n) is 6.25. The van der Waals surface area contributed by atoms with Gasteiger partial charge in [-0.15, -0.1) is 0 Å². The largest absolute Gasteiger partial charge is 0.298 e. The maximum Gasteiger partial charge on any atom is 0.239 e. The van der Waals surface area contributed by atoms with E-state index < -0.39 is 10.0 Å². The van der Waals surface area contributed by atoms with Crippen molar-refractivity contribution in [3.05, 3.63) is 78.8 Å². The molecule has 0 unspecified atom stereocenters. The highest BCUT2D eigenvalue weighted by Crippen LogP contribution is 2.32. The van der Waals surface area contributed by atoms with Gasteiger partial charge in [0.05, 0.1) is 5.52 Å². The number of sulfonamides is 1. The number of benzene rings is 2. The van der Waals surface area contributed by atoms with Crippen molar-refractivity contribution in [2.45, 2.75) is 4.90 Å². The molecule has 0 amide bonds. The number of nitrogens with zero attached hydrogens (tertiary/aromatic N) is 2. The topological polar surface area (TPSA) is 103 Å². The fourth-order valence-corrected chi connectivity index (χ4v) is 3.64. The molecule has 0 aliphatic rings. The van der Waals surface area contributed by atoms with Crippen LogP contribution in [0.2, 0.25) is 0 Å². The molecule has 0 aliphatic heterocycles. The van der Waals surface area contributed by atoms with E-state index in [1.807, 2.05) is 42.5 Å². The van der Waals surface area contributed by atoms with Gasteiger partial charge in [-0.05, 0) is 41.0 Å². The van der Waals surface area contributed by atoms with Crippen molar-refractivity contribution < 1.29 is 13.2 Å². The van der Waals surface area contributed by atoms with Crippen LogP contribution >= 0.6 is 0 Å². The SMILES string of the molecule is NS(=O)(=O)c1cncc(-c2ccc3nccc(-c4ccccc4C=O)c3c2)c1. The molecule has 28 heavy (non-hydrogen) atoms. The first-order valence-electron chi connectivity index (χ1n) is 8.39. The maximum absolute atomic E-state index is 11.6. The zero-order valence-electron chi connectivity index (χ0n) is 14.6. The molecule has 2 N–H and O–H groups in total. The summed E-state index contributed by atoms with van der Waals surface area (Å²) in [6.45, 7) is 0. The van der Waals surface area contributed by atoms with E-state index in [1.165, 1.54) is 12.3 Å². The normalized spacial score (nSPS) is 11.5. The Morgan fingerprint density at radius 2 is 1.71 bits per heavy atom. The van der Waals surface area contributed by atoms with Crippen molar-refractivity contribution in [3.63, 3.8) is 0 Å². The van der Waals surface area contributed by atoms with E-state index in [0.29, 0.717) is 11.1 Å². The fourth-order valence-electron chi connectivity index (χ4n) is 3.14. The number of fused-ring (bicyclic) bond motifs is 1. The molecule has 0 bridgehead atoms. The van der Waals surface area contributed by atoms with Gasteiger partial charge in [0.1, 0.15) is 4.90 Å². The van der Waals surface area contributed by atoms with Gasteiger partial charge in [-0.3, -0.25) is 14.8 Å². The number of pyridine rings is 2. The molecule has 2 heterocycles. The van der Waals surface area contributed by atoms with Gasteiger partial charge in [0.25, 0.3) is 0 Å². The summed E-state index contributed by atoms with van der Waals surface area (Å²) in [5, 5.41) is 6.06. The second-order valence-corrected chi connectivity index (χ2v) is 7.81. The van der Waals surface area contributed by atoms with Gasteiger partial charge in [-0.25, -0.2) is 13.6 Å². The second kappa shape index (κ2) is 6.95. The average Bonchev–Trinajstić information content (AvgIpc) is 2.72. The summed E-state index contributed by atoms with van der Waals surface area (Å²) in [6.07, 6.45) is 5.31. The predicted molar refractivity (Wildman–Crippen MR) is 107 cm³/mol. The Labute approximate surface area is 161 Å². The molecule has 0 aliphatic carbocycles. The molecular weight excluding hydrogens is 374 g/mol. The van der Waals surface area contributed by atoms with Crippen LogP contribution < -0.4 is 5.14 Å². The van der Waals surface area contributed by atoms with Crippen LogP contribution in [0.1, 0.15) is 10.4 Å². The highest BCUT2D eigenvalue weighted by Gasteiger charge is 2.12. The summed E-state index contributed by atoms with van der Waals surface area (Å²) >= 11 is 0. The third-order valence-electron chi connectivity index (χ3n) is 4.49. The molecule has 4 rings (SSSR count). The van der Waals surface area contributed by atoms with Crippen molar-refractivity contribution in [2.75, 3.05) is 0 Å². The Balaban J connectivity index is 1.94. The van der Waals surface area contributed by atoms with Crippen molar-refractivity contribution in [1.82, 2.24) is 9.97 Å². The standard InChI is InChI=1S/C21H15N3O3S/c22-28(26,27)17-9-16(11-23-12-17)14-5-6-21-20(10-14)19(7-8-24-21)18-4-2-1-3-15(18)13-25/h1-13H,(H2,22,26,27). The summed E-state index contributed by atoms with van der Waals surface area (Å²) in [5.74, 6) is 0. The van der Waals surface area contributed by atoms with Crippen molar-refractivity contribution >= 4 is 27.2 Å². The monoisotopic (exact) mass is 389 g/mol. The van der Waals surface area contributed by atoms with Crippen LogP contribution in [0.4, 0.5) is 0 Å². The summed E-state index contributed by atoms with van der Waals surface area (Å²) in [7, 11) is -3.85. The van der Waals surface area contributed by atoms with E-state index in [0.717, 1.165) is 33.9 Å². The lowest BCUT2D eigenvalue weighted by Gasteiger charge is -2.11. The van der Waals surface area contributed by atoms with Crippen LogP contribution in [0.5, 0.6) is 0 Å². The number of primary sulfonamides is 1. The quantitative estimate of drug-likeness (QED) is 0.539. The van der Waals surface area contributed by atoms with Crippen LogP contribution in [0.25, 0.3) is 33.2 Å². The minimum absolute atomic E-state index is 0.0530. The first kappa shape index (κ1) is 18.0. The van der Waals surface area contributed by atoms with Gasteiger partial charge in [0.15, 0.2) is 6.29 Å². The first-order valence-corrected chi connectivity index (χ1v) is 9.93. The smallest absolute Gasteiger partial charge is 0.239 e. The molecule has 0 fully saturated rings. The molecule has 7 heteroatoms. The van der Waals surface area contributed by atoms with Gasteiger partial charge in [0.2, 0.25) is 10.0 Å². The van der Waals surface area contributed by atoms with Gasteiger partial charge >= 0.3 is 0 Å². The summed E-state index contributed by atoms with van der Waals surface area (Å²) in [6, 6.07) is 16.3. The lowest BCUT2D eigenvalue weighted by Crippen LogP contribution is -2.12. The summed E-state index contributed by atoms with van der Waals surface area (Å²) in [5.41, 5.74) is 4.40. The molecule has 4 aromatic rings. The third kappa shape index (κ3) is 3.28. The minimum Gasteiger partial charge on any atom is -0.298 e. The summed E-state index contributed by atoms with van der Waals surface area (Å²) < 4.78 is 23.3. The third-order valence-corrected chi connectivity index (χ3v) is 5.37. The number of aromatic nitrogens is 2. The Bertz CT molecular complexity index is 1320. The first-order chi connectivity index (χ1) is 13.5. The Morgan fingerprint density at radius 3 is 2.50 bits per heavy atom. The van der Waals surface area contributed by atoms with Crippen molar-refractivity contribution in [2.24, 2.45) is 5.14 Å². The molecule has 2 aromatic heterocycles. The van der Waals surface area contributed by atoms with Crippen LogP contribution in [-0.2, 0) is 10.0 Å². The van der Waals surface area contributed by atoms with Crippen LogP contribution in [0, 0.1) is 0 Å². The number of rotatable bonds is 4. The van der Waals surface area contributed by atoms with E-state index in [1.54, 1.807) is 18.5 Å². The van der Waals surface area contributed by atoms with Gasteiger partial charge in [0, 0.05) is 35.1 Å². The Morgan fingerprint density at radius 1 is 0.893 bits per heavy atom. The Kier molecular flexibility index (Phi) is 4.46. The van der Waals surface area contributed by atoms with Crippen LogP contribution in [-0.4, -0.2) is 24.7 Å². The number of hydrogen-bond donors (Lipinski definition) is 1. The van der Waals surface area contributed by atoms with E-state index in [2.05, 4.69) is 9.97 Å². The highest BCUT2D eigenvalue weighted by molar-refractivity contribution is 7.89. The maximum atomic E-state index is 11.6. The molecule has 0 spiro atoms. The van der Waals surface area contributed by atoms with Gasteiger partial charge in [-0.1, -0.05) is 30.3 Å². The molecule has 0 saturated carbocycles. The average molecular weight is 389 g/mol. The van der Waals surface area contributed by atoms with E-state index in [9.17, 15) is 13.2 Å². The van der Waals surface area contributed by atoms with Crippen LogP contribution in [0.3, 0.4) is 0 Å². The lowest BCUT2D eigenvalue weighted by atomic mass is 9.95. The van der Waals surface area contributed by atoms with E-state index in [-0.39, 0.29) is 4.90 Å². The molecule has 0 radical (unpaired) electrons. The van der Waals surface area contributed by atoms with Crippen LogP contribution in [0.15, 0.2) is 78.1 Å². The predicted octanol–water partition coefficient (Wildman–Crippen LogP) is 3.42.